The van der Waals surface area contributed by atoms with E-state index in [-0.39, 0.29) is 23.6 Å². The zero-order valence-electron chi connectivity index (χ0n) is 17.4. The molecule has 2 aromatic carbocycles. The van der Waals surface area contributed by atoms with Gasteiger partial charge in [-0.05, 0) is 57.0 Å². The molecule has 0 aliphatic heterocycles. The van der Waals surface area contributed by atoms with Gasteiger partial charge in [0.05, 0.1) is 5.75 Å². The highest BCUT2D eigenvalue weighted by molar-refractivity contribution is 8.00. The first-order valence-electron chi connectivity index (χ1n) is 9.84. The van der Waals surface area contributed by atoms with Crippen LogP contribution in [-0.4, -0.2) is 34.6 Å². The number of halogens is 1. The maximum Gasteiger partial charge on any atom is 0.242 e. The van der Waals surface area contributed by atoms with Crippen molar-refractivity contribution in [3.8, 4) is 0 Å². The minimum atomic E-state index is -0.552. The Morgan fingerprint density at radius 3 is 2.28 bits per heavy atom. The first kappa shape index (κ1) is 23.3. The number of nitrogens with one attached hydrogen (secondary N) is 1. The number of carbonyl (C=O) groups excluding carboxylic acids is 2. The molecule has 156 valence electrons. The molecule has 2 atom stereocenters. The van der Waals surface area contributed by atoms with Crippen LogP contribution in [0.25, 0.3) is 0 Å². The molecule has 0 saturated heterocycles. The van der Waals surface area contributed by atoms with E-state index in [1.54, 1.807) is 24.0 Å². The van der Waals surface area contributed by atoms with Crippen molar-refractivity contribution in [1.82, 2.24) is 10.2 Å². The summed E-state index contributed by atoms with van der Waals surface area (Å²) >= 11 is 7.37. The highest BCUT2D eigenvalue weighted by atomic mass is 35.5. The highest BCUT2D eigenvalue weighted by Crippen LogP contribution is 2.22. The number of amides is 2. The Hall–Kier alpha value is -1.98. The Balaban J connectivity index is 2.13. The Labute approximate surface area is 183 Å². The van der Waals surface area contributed by atoms with E-state index in [9.17, 15) is 9.59 Å². The van der Waals surface area contributed by atoms with E-state index >= 15 is 0 Å². The molecular formula is C23H29ClN2O2S. The van der Waals surface area contributed by atoms with Crippen molar-refractivity contribution in [2.45, 2.75) is 57.6 Å². The third-order valence-corrected chi connectivity index (χ3v) is 6.07. The second kappa shape index (κ2) is 11.3. The SMILES string of the molecule is CC[C@H](C)NC(=O)[C@H](C)N(Cc1ccc(C)cc1)C(=O)CSc1ccc(Cl)cc1. The van der Waals surface area contributed by atoms with Crippen LogP contribution in [0.2, 0.25) is 5.02 Å². The lowest BCUT2D eigenvalue weighted by Crippen LogP contribution is -2.50. The van der Waals surface area contributed by atoms with Crippen LogP contribution in [0.15, 0.2) is 53.4 Å². The van der Waals surface area contributed by atoms with E-state index in [4.69, 9.17) is 11.6 Å². The molecule has 0 unspecified atom stereocenters. The number of hydrogen-bond acceptors (Lipinski definition) is 3. The number of aryl methyl sites for hydroxylation is 1. The summed E-state index contributed by atoms with van der Waals surface area (Å²) in [6.07, 6.45) is 0.844. The Morgan fingerprint density at radius 1 is 1.07 bits per heavy atom. The van der Waals surface area contributed by atoms with Crippen LogP contribution < -0.4 is 5.32 Å². The van der Waals surface area contributed by atoms with Crippen LogP contribution in [0.1, 0.15) is 38.3 Å². The quantitative estimate of drug-likeness (QED) is 0.562. The summed E-state index contributed by atoms with van der Waals surface area (Å²) in [6, 6.07) is 15.0. The monoisotopic (exact) mass is 432 g/mol. The molecule has 1 N–H and O–H groups in total. The van der Waals surface area contributed by atoms with Crippen LogP contribution in [0, 0.1) is 6.92 Å². The summed E-state index contributed by atoms with van der Waals surface area (Å²) in [6.45, 7) is 8.20. The largest absolute Gasteiger partial charge is 0.352 e. The maximum atomic E-state index is 13.1. The molecule has 0 spiro atoms. The zero-order chi connectivity index (χ0) is 21.4. The Bertz CT molecular complexity index is 809. The lowest BCUT2D eigenvalue weighted by Gasteiger charge is -2.29. The standard InChI is InChI=1S/C23H29ClN2O2S/c1-5-17(3)25-23(28)18(4)26(14-19-8-6-16(2)7-9-19)22(27)15-29-21-12-10-20(24)11-13-21/h6-13,17-18H,5,14-15H2,1-4H3,(H,25,28)/t17-,18-/m0/s1. The topological polar surface area (TPSA) is 49.4 Å². The van der Waals surface area contributed by atoms with Crippen molar-refractivity contribution in [2.75, 3.05) is 5.75 Å². The summed E-state index contributed by atoms with van der Waals surface area (Å²) < 4.78 is 0. The third-order valence-electron chi connectivity index (χ3n) is 4.82. The molecule has 0 aromatic heterocycles. The van der Waals surface area contributed by atoms with Crippen LogP contribution >= 0.6 is 23.4 Å². The minimum Gasteiger partial charge on any atom is -0.352 e. The van der Waals surface area contributed by atoms with Crippen molar-refractivity contribution in [3.63, 3.8) is 0 Å². The summed E-state index contributed by atoms with van der Waals surface area (Å²) in [5.41, 5.74) is 2.16. The van der Waals surface area contributed by atoms with Crippen LogP contribution in [-0.2, 0) is 16.1 Å². The second-order valence-corrected chi connectivity index (χ2v) is 8.73. The fraction of sp³-hybridized carbons (Fsp3) is 0.391. The molecule has 2 aromatic rings. The lowest BCUT2D eigenvalue weighted by molar-refractivity contribution is -0.138. The molecule has 2 amide bonds. The minimum absolute atomic E-state index is 0.0719. The van der Waals surface area contributed by atoms with Crippen LogP contribution in [0.3, 0.4) is 0 Å². The average Bonchev–Trinajstić information content (AvgIpc) is 2.72. The van der Waals surface area contributed by atoms with Gasteiger partial charge in [0, 0.05) is 22.5 Å². The molecule has 2 rings (SSSR count). The van der Waals surface area contributed by atoms with E-state index < -0.39 is 6.04 Å². The second-order valence-electron chi connectivity index (χ2n) is 7.24. The molecule has 29 heavy (non-hydrogen) atoms. The van der Waals surface area contributed by atoms with Crippen molar-refractivity contribution >= 4 is 35.2 Å². The molecule has 4 nitrogen and oxygen atoms in total. The first-order valence-corrected chi connectivity index (χ1v) is 11.2. The smallest absolute Gasteiger partial charge is 0.242 e. The van der Waals surface area contributed by atoms with Crippen LogP contribution in [0.4, 0.5) is 0 Å². The first-order chi connectivity index (χ1) is 13.8. The number of nitrogens with zero attached hydrogens (tertiary/aromatic N) is 1. The van der Waals surface area contributed by atoms with Gasteiger partial charge in [-0.15, -0.1) is 11.8 Å². The van der Waals surface area contributed by atoms with Crippen molar-refractivity contribution < 1.29 is 9.59 Å². The lowest BCUT2D eigenvalue weighted by atomic mass is 10.1. The molecule has 0 radical (unpaired) electrons. The van der Waals surface area contributed by atoms with Crippen molar-refractivity contribution in [1.29, 1.82) is 0 Å². The molecule has 6 heteroatoms. The summed E-state index contributed by atoms with van der Waals surface area (Å²) in [5.74, 6) is 0.0580. The van der Waals surface area contributed by atoms with E-state index in [2.05, 4.69) is 5.32 Å². The van der Waals surface area contributed by atoms with Gasteiger partial charge >= 0.3 is 0 Å². The predicted octanol–water partition coefficient (Wildman–Crippen LogP) is 5.07. The van der Waals surface area contributed by atoms with E-state index in [1.165, 1.54) is 11.8 Å². The summed E-state index contributed by atoms with van der Waals surface area (Å²) in [5, 5.41) is 3.65. The third kappa shape index (κ3) is 7.41. The van der Waals surface area contributed by atoms with E-state index in [0.717, 1.165) is 22.4 Å². The summed E-state index contributed by atoms with van der Waals surface area (Å²) in [4.78, 5) is 28.4. The van der Waals surface area contributed by atoms with Gasteiger partial charge in [-0.3, -0.25) is 9.59 Å². The molecule has 0 heterocycles. The fourth-order valence-corrected chi connectivity index (χ4v) is 3.61. The predicted molar refractivity (Wildman–Crippen MR) is 121 cm³/mol. The molecule has 0 aliphatic rings. The highest BCUT2D eigenvalue weighted by Gasteiger charge is 2.26. The van der Waals surface area contributed by atoms with E-state index in [1.807, 2.05) is 57.2 Å². The van der Waals surface area contributed by atoms with Crippen LogP contribution in [0.5, 0.6) is 0 Å². The molecule has 0 bridgehead atoms. The number of rotatable bonds is 9. The fourth-order valence-electron chi connectivity index (χ4n) is 2.70. The van der Waals surface area contributed by atoms with E-state index in [0.29, 0.717) is 11.6 Å². The Morgan fingerprint density at radius 2 is 1.69 bits per heavy atom. The molecule has 0 fully saturated rings. The molecule has 0 aliphatic carbocycles. The number of hydrogen-bond donors (Lipinski definition) is 1. The van der Waals surface area contributed by atoms with Gasteiger partial charge < -0.3 is 10.2 Å². The normalized spacial score (nSPS) is 12.9. The van der Waals surface area contributed by atoms with Gasteiger partial charge in [0.15, 0.2) is 0 Å². The van der Waals surface area contributed by atoms with Gasteiger partial charge in [0.1, 0.15) is 6.04 Å². The zero-order valence-corrected chi connectivity index (χ0v) is 19.0. The van der Waals surface area contributed by atoms with Gasteiger partial charge in [0.25, 0.3) is 0 Å². The van der Waals surface area contributed by atoms with Gasteiger partial charge in [-0.1, -0.05) is 48.4 Å². The van der Waals surface area contributed by atoms with Gasteiger partial charge in [-0.2, -0.15) is 0 Å². The average molecular weight is 433 g/mol. The molecule has 0 saturated carbocycles. The number of carbonyl (C=O) groups is 2. The number of thioether (sulfide) groups is 1. The van der Waals surface area contributed by atoms with Gasteiger partial charge in [0.2, 0.25) is 11.8 Å². The molecular weight excluding hydrogens is 404 g/mol. The number of benzene rings is 2. The van der Waals surface area contributed by atoms with Gasteiger partial charge in [-0.25, -0.2) is 0 Å². The van der Waals surface area contributed by atoms with Crippen molar-refractivity contribution in [2.24, 2.45) is 0 Å². The summed E-state index contributed by atoms with van der Waals surface area (Å²) in [7, 11) is 0. The Kier molecular flexibility index (Phi) is 9.05. The maximum absolute atomic E-state index is 13.1. The van der Waals surface area contributed by atoms with Crippen molar-refractivity contribution in [3.05, 3.63) is 64.7 Å².